The van der Waals surface area contributed by atoms with Gasteiger partial charge in [-0.05, 0) is 36.3 Å². The Morgan fingerprint density at radius 1 is 1.09 bits per heavy atom. The molecule has 0 radical (unpaired) electrons. The summed E-state index contributed by atoms with van der Waals surface area (Å²) in [5, 5.41) is 11.1. The minimum atomic E-state index is -2.04. The van der Waals surface area contributed by atoms with Gasteiger partial charge in [0.05, 0.1) is 24.7 Å². The number of aromatic nitrogens is 3. The Hall–Kier alpha value is -0.816. The quantitative estimate of drug-likeness (QED) is 0.337. The molecule has 0 unspecified atom stereocenters. The van der Waals surface area contributed by atoms with E-state index in [-0.39, 0.29) is 35.1 Å². The molecule has 1 aliphatic heterocycles. The van der Waals surface area contributed by atoms with Crippen LogP contribution in [0.1, 0.15) is 59.8 Å². The molecule has 0 amide bonds. The number of hydrogen-bond acceptors (Lipinski definition) is 6. The first-order valence-corrected chi connectivity index (χ1v) is 18.3. The molecule has 1 fully saturated rings. The minimum Gasteiger partial charge on any atom is -0.414 e. The zero-order valence-corrected chi connectivity index (χ0v) is 25.2. The lowest BCUT2D eigenvalue weighted by atomic mass is 10.2. The molecule has 192 valence electrons. The van der Waals surface area contributed by atoms with E-state index in [0.29, 0.717) is 34.8 Å². The van der Waals surface area contributed by atoms with Gasteiger partial charge in [-0.3, -0.25) is 0 Å². The molecule has 0 saturated carbocycles. The second-order valence-electron chi connectivity index (χ2n) is 12.4. The van der Waals surface area contributed by atoms with Crippen LogP contribution in [0.15, 0.2) is 12.5 Å². The maximum atomic E-state index is 9.91. The third kappa shape index (κ3) is 5.45. The average Bonchev–Trinajstić information content (AvgIpc) is 3.26. The summed E-state index contributed by atoms with van der Waals surface area (Å²) in [7, 11) is -3.99. The summed E-state index contributed by atoms with van der Waals surface area (Å²) in [5.74, 6) is 0. The van der Waals surface area contributed by atoms with Crippen molar-refractivity contribution in [2.24, 2.45) is 0 Å². The Morgan fingerprint density at radius 2 is 1.71 bits per heavy atom. The van der Waals surface area contributed by atoms with Crippen LogP contribution in [-0.4, -0.2) is 55.1 Å². The molecule has 0 aliphatic carbocycles. The van der Waals surface area contributed by atoms with Crippen molar-refractivity contribution in [3.05, 3.63) is 23.2 Å². The van der Waals surface area contributed by atoms with Gasteiger partial charge in [-0.2, -0.15) is 0 Å². The maximum absolute atomic E-state index is 9.91. The highest BCUT2D eigenvalue weighted by atomic mass is 35.5. The Morgan fingerprint density at radius 3 is 2.26 bits per heavy atom. The molecule has 2 aromatic rings. The van der Waals surface area contributed by atoms with Gasteiger partial charge in [-0.1, -0.05) is 53.1 Å². The van der Waals surface area contributed by atoms with Crippen LogP contribution in [0.25, 0.3) is 11.0 Å². The number of aliphatic hydroxyl groups is 1. The van der Waals surface area contributed by atoms with Crippen molar-refractivity contribution < 1.29 is 18.7 Å². The molecular weight excluding hydrogens is 486 g/mol. The minimum absolute atomic E-state index is 0.0842. The van der Waals surface area contributed by atoms with Gasteiger partial charge < -0.3 is 23.3 Å². The second kappa shape index (κ2) is 9.57. The number of halogens is 1. The number of hydrogen-bond donors (Lipinski definition) is 1. The molecule has 0 spiro atoms. The molecule has 3 rings (SSSR count). The van der Waals surface area contributed by atoms with Crippen molar-refractivity contribution in [3.63, 3.8) is 0 Å². The van der Waals surface area contributed by atoms with Crippen LogP contribution in [0.2, 0.25) is 41.4 Å². The van der Waals surface area contributed by atoms with Crippen LogP contribution in [-0.2, 0) is 20.2 Å². The van der Waals surface area contributed by atoms with E-state index in [1.54, 1.807) is 0 Å². The van der Waals surface area contributed by atoms with Gasteiger partial charge in [0.25, 0.3) is 0 Å². The van der Waals surface area contributed by atoms with E-state index >= 15 is 0 Å². The van der Waals surface area contributed by atoms with Crippen molar-refractivity contribution in [1.29, 1.82) is 0 Å². The number of ether oxygens (including phenoxy) is 1. The van der Waals surface area contributed by atoms with Gasteiger partial charge in [0, 0.05) is 18.2 Å². The van der Waals surface area contributed by atoms with E-state index in [9.17, 15) is 5.11 Å². The van der Waals surface area contributed by atoms with E-state index < -0.39 is 16.6 Å². The lowest BCUT2D eigenvalue weighted by Gasteiger charge is -2.40. The van der Waals surface area contributed by atoms with Crippen LogP contribution >= 0.6 is 11.6 Å². The van der Waals surface area contributed by atoms with Gasteiger partial charge in [-0.25, -0.2) is 9.97 Å². The summed E-state index contributed by atoms with van der Waals surface area (Å²) >= 11 is 6.35. The first-order valence-electron chi connectivity index (χ1n) is 12.1. The predicted octanol–water partition coefficient (Wildman–Crippen LogP) is 6.28. The van der Waals surface area contributed by atoms with Gasteiger partial charge in [0.1, 0.15) is 29.5 Å². The molecule has 3 heterocycles. The van der Waals surface area contributed by atoms with Crippen molar-refractivity contribution in [2.45, 2.75) is 109 Å². The summed E-state index contributed by atoms with van der Waals surface area (Å²) in [6.07, 6.45) is 3.41. The van der Waals surface area contributed by atoms with Crippen molar-refractivity contribution in [3.8, 4) is 0 Å². The zero-order valence-electron chi connectivity index (χ0n) is 22.4. The molecular formula is C24H42ClN3O4Si2. The molecule has 3 atom stereocenters. The van der Waals surface area contributed by atoms with Gasteiger partial charge in [0.2, 0.25) is 0 Å². The molecule has 10 heteroatoms. The molecule has 0 bridgehead atoms. The fourth-order valence-electron chi connectivity index (χ4n) is 3.67. The third-order valence-corrected chi connectivity index (χ3v) is 17.3. The monoisotopic (exact) mass is 527 g/mol. The lowest BCUT2D eigenvalue weighted by Crippen LogP contribution is -2.48. The number of fused-ring (bicyclic) bond motifs is 1. The predicted molar refractivity (Wildman–Crippen MR) is 142 cm³/mol. The standard InChI is InChI=1S/C24H42ClN3O4Si2/c1-23(2,3)33(7,8)30-14-18-17(32-34(9,10)24(4,5)6)11-19(31-18)28-12-16(13-29)20-21(25)26-15-27-22(20)28/h12,15,17-19,29H,11,13-14H2,1-10H3/t17-,18+,19-/m0/s1. The highest BCUT2D eigenvalue weighted by Gasteiger charge is 2.46. The maximum Gasteiger partial charge on any atom is 0.192 e. The molecule has 0 aromatic carbocycles. The van der Waals surface area contributed by atoms with E-state index in [1.807, 2.05) is 10.8 Å². The average molecular weight is 528 g/mol. The molecule has 34 heavy (non-hydrogen) atoms. The molecule has 1 N–H and O–H groups in total. The molecule has 1 saturated heterocycles. The first kappa shape index (κ1) is 27.8. The van der Waals surface area contributed by atoms with E-state index in [2.05, 4.69) is 77.7 Å². The molecule has 2 aromatic heterocycles. The number of nitrogens with zero attached hydrogens (tertiary/aromatic N) is 3. The zero-order chi connectivity index (χ0) is 25.7. The van der Waals surface area contributed by atoms with E-state index in [1.165, 1.54) is 6.33 Å². The SMILES string of the molecule is CC(C)(C)[Si](C)(C)OC[C@H]1O[C@H](n2cc(CO)c3c(Cl)ncnc32)C[C@@H]1O[Si](C)(C)C(C)(C)C. The van der Waals surface area contributed by atoms with Crippen LogP contribution < -0.4 is 0 Å². The fourth-order valence-corrected chi connectivity index (χ4v) is 6.29. The smallest absolute Gasteiger partial charge is 0.192 e. The highest BCUT2D eigenvalue weighted by molar-refractivity contribution is 6.74. The third-order valence-electron chi connectivity index (χ3n) is 7.97. The van der Waals surface area contributed by atoms with Gasteiger partial charge in [0.15, 0.2) is 16.6 Å². The number of rotatable bonds is 7. The Bertz CT molecular complexity index is 1010. The summed E-state index contributed by atoms with van der Waals surface area (Å²) in [6, 6.07) is 0. The summed E-state index contributed by atoms with van der Waals surface area (Å²) < 4.78 is 22.0. The van der Waals surface area contributed by atoms with Crippen molar-refractivity contribution in [2.75, 3.05) is 6.61 Å². The largest absolute Gasteiger partial charge is 0.414 e. The Labute approximate surface area is 211 Å². The first-order chi connectivity index (χ1) is 15.5. The normalized spacial score (nSPS) is 22.6. The van der Waals surface area contributed by atoms with Crippen LogP contribution in [0.3, 0.4) is 0 Å². The fraction of sp³-hybridized carbons (Fsp3) is 0.750. The summed E-state index contributed by atoms with van der Waals surface area (Å²) in [6.45, 7) is 22.9. The summed E-state index contributed by atoms with van der Waals surface area (Å²) in [5.41, 5.74) is 1.35. The molecule has 7 nitrogen and oxygen atoms in total. The Kier molecular flexibility index (Phi) is 7.82. The second-order valence-corrected chi connectivity index (χ2v) is 22.4. The Balaban J connectivity index is 1.93. The highest BCUT2D eigenvalue weighted by Crippen LogP contribution is 2.43. The van der Waals surface area contributed by atoms with Gasteiger partial charge >= 0.3 is 0 Å². The molecule has 1 aliphatic rings. The van der Waals surface area contributed by atoms with Crippen LogP contribution in [0, 0.1) is 0 Å². The van der Waals surface area contributed by atoms with Crippen molar-refractivity contribution >= 4 is 39.3 Å². The lowest BCUT2D eigenvalue weighted by molar-refractivity contribution is -0.0382. The summed E-state index contributed by atoms with van der Waals surface area (Å²) in [4.78, 5) is 8.55. The van der Waals surface area contributed by atoms with E-state index in [0.717, 1.165) is 0 Å². The van der Waals surface area contributed by atoms with Crippen molar-refractivity contribution in [1.82, 2.24) is 14.5 Å². The topological polar surface area (TPSA) is 78.6 Å². The number of aliphatic hydroxyl groups excluding tert-OH is 1. The van der Waals surface area contributed by atoms with Crippen LogP contribution in [0.4, 0.5) is 0 Å². The van der Waals surface area contributed by atoms with Crippen LogP contribution in [0.5, 0.6) is 0 Å². The van der Waals surface area contributed by atoms with E-state index in [4.69, 9.17) is 25.2 Å². The van der Waals surface area contributed by atoms with Gasteiger partial charge in [-0.15, -0.1) is 0 Å².